The maximum Gasteiger partial charge on any atom is 0.303 e. The Morgan fingerprint density at radius 1 is 1.28 bits per heavy atom. The Balaban J connectivity index is 2.16. The molecule has 0 aromatic heterocycles. The number of hydrogen-bond acceptors (Lipinski definition) is 4. The van der Waals surface area contributed by atoms with Crippen LogP contribution in [0, 0.1) is 16.0 Å². The van der Waals surface area contributed by atoms with Crippen LogP contribution in [0.5, 0.6) is 0 Å². The molecule has 7 heteroatoms. The van der Waals surface area contributed by atoms with Crippen molar-refractivity contribution in [1.29, 1.82) is 0 Å². The molecule has 1 aromatic rings. The lowest BCUT2D eigenvalue weighted by atomic mass is 9.85. The average molecular weight is 348 g/mol. The fourth-order valence-electron chi connectivity index (χ4n) is 3.22. The molecule has 25 heavy (non-hydrogen) atoms. The van der Waals surface area contributed by atoms with Crippen molar-refractivity contribution >= 4 is 17.6 Å². The highest BCUT2D eigenvalue weighted by Gasteiger charge is 2.29. The molecule has 7 nitrogen and oxygen atoms in total. The van der Waals surface area contributed by atoms with E-state index in [4.69, 9.17) is 5.11 Å². The summed E-state index contributed by atoms with van der Waals surface area (Å²) in [6.45, 7) is 6.63. The van der Waals surface area contributed by atoms with Gasteiger partial charge in [-0.1, -0.05) is 26.8 Å². The van der Waals surface area contributed by atoms with E-state index in [9.17, 15) is 19.7 Å². The molecule has 0 atom stereocenters. The number of carboxylic acids is 1. The molecule has 0 bridgehead atoms. The second-order valence-corrected chi connectivity index (χ2v) is 7.57. The van der Waals surface area contributed by atoms with Crippen LogP contribution in [0.25, 0.3) is 0 Å². The minimum atomic E-state index is -0.821. The van der Waals surface area contributed by atoms with Gasteiger partial charge in [0.15, 0.2) is 0 Å². The Labute approximate surface area is 146 Å². The Morgan fingerprint density at radius 2 is 1.88 bits per heavy atom. The number of nitro groups is 1. The summed E-state index contributed by atoms with van der Waals surface area (Å²) in [5.74, 6) is -0.977. The second kappa shape index (κ2) is 7.21. The highest BCUT2D eigenvalue weighted by atomic mass is 16.6. The first-order valence-electron chi connectivity index (χ1n) is 8.39. The van der Waals surface area contributed by atoms with E-state index in [-0.39, 0.29) is 29.3 Å². The molecular formula is C18H24N2O5. The number of carbonyl (C=O) groups is 2. The van der Waals surface area contributed by atoms with Crippen LogP contribution in [0.4, 0.5) is 5.69 Å². The molecule has 1 saturated heterocycles. The summed E-state index contributed by atoms with van der Waals surface area (Å²) in [4.78, 5) is 36.0. The predicted molar refractivity (Wildman–Crippen MR) is 92.7 cm³/mol. The maximum absolute atomic E-state index is 12.7. The predicted octanol–water partition coefficient (Wildman–Crippen LogP) is 3.22. The molecule has 136 valence electrons. The van der Waals surface area contributed by atoms with Crippen molar-refractivity contribution in [3.63, 3.8) is 0 Å². The van der Waals surface area contributed by atoms with Gasteiger partial charge in [0.05, 0.1) is 4.92 Å². The summed E-state index contributed by atoms with van der Waals surface area (Å²) in [7, 11) is 0. The van der Waals surface area contributed by atoms with Gasteiger partial charge in [0.1, 0.15) is 0 Å². The summed E-state index contributed by atoms with van der Waals surface area (Å²) in [6.07, 6.45) is 1.40. The third-order valence-corrected chi connectivity index (χ3v) is 4.61. The molecule has 1 fully saturated rings. The van der Waals surface area contributed by atoms with Crippen LogP contribution in [-0.4, -0.2) is 39.9 Å². The van der Waals surface area contributed by atoms with E-state index in [1.54, 1.807) is 17.0 Å². The fourth-order valence-corrected chi connectivity index (χ4v) is 3.22. The minimum absolute atomic E-state index is 0.0425. The molecule has 1 N–H and O–H groups in total. The SMILES string of the molecule is CC(C)(C)c1ccc(C(=O)N2CCC(CC(=O)O)CC2)cc1[N+](=O)[O-]. The lowest BCUT2D eigenvalue weighted by Gasteiger charge is -2.31. The number of aliphatic carboxylic acids is 1. The zero-order chi connectivity index (χ0) is 18.8. The van der Waals surface area contributed by atoms with E-state index in [0.717, 1.165) is 0 Å². The van der Waals surface area contributed by atoms with Gasteiger partial charge in [0.25, 0.3) is 11.6 Å². The van der Waals surface area contributed by atoms with E-state index in [1.165, 1.54) is 6.07 Å². The van der Waals surface area contributed by atoms with Gasteiger partial charge in [-0.25, -0.2) is 0 Å². The molecule has 0 spiro atoms. The topological polar surface area (TPSA) is 101 Å². The van der Waals surface area contributed by atoms with Crippen LogP contribution in [0.3, 0.4) is 0 Å². The number of hydrogen-bond donors (Lipinski definition) is 1. The molecule has 0 saturated carbocycles. The van der Waals surface area contributed by atoms with Gasteiger partial charge < -0.3 is 10.0 Å². The van der Waals surface area contributed by atoms with Gasteiger partial charge in [-0.3, -0.25) is 19.7 Å². The molecule has 2 rings (SSSR count). The Kier molecular flexibility index (Phi) is 5.45. The fraction of sp³-hybridized carbons (Fsp3) is 0.556. The first-order valence-corrected chi connectivity index (χ1v) is 8.39. The first-order chi connectivity index (χ1) is 11.6. The zero-order valence-electron chi connectivity index (χ0n) is 14.8. The normalized spacial score (nSPS) is 15.9. The van der Waals surface area contributed by atoms with Crippen LogP contribution in [0.1, 0.15) is 56.0 Å². The number of nitrogens with zero attached hydrogens (tertiary/aromatic N) is 2. The van der Waals surface area contributed by atoms with E-state index < -0.39 is 10.9 Å². The minimum Gasteiger partial charge on any atom is -0.481 e. The van der Waals surface area contributed by atoms with E-state index >= 15 is 0 Å². The molecule has 1 aliphatic heterocycles. The van der Waals surface area contributed by atoms with Crippen LogP contribution < -0.4 is 0 Å². The van der Waals surface area contributed by atoms with Crippen molar-refractivity contribution in [3.05, 3.63) is 39.4 Å². The van der Waals surface area contributed by atoms with Gasteiger partial charge in [-0.05, 0) is 30.2 Å². The second-order valence-electron chi connectivity index (χ2n) is 7.57. The lowest BCUT2D eigenvalue weighted by molar-refractivity contribution is -0.386. The Morgan fingerprint density at radius 3 is 2.36 bits per heavy atom. The van der Waals surface area contributed by atoms with Crippen molar-refractivity contribution in [2.45, 2.75) is 45.4 Å². The molecule has 1 aliphatic rings. The number of piperidine rings is 1. The van der Waals surface area contributed by atoms with Crippen molar-refractivity contribution in [3.8, 4) is 0 Å². The Hall–Kier alpha value is -2.44. The molecule has 1 heterocycles. The summed E-state index contributed by atoms with van der Waals surface area (Å²) in [6, 6.07) is 4.65. The average Bonchev–Trinajstić information content (AvgIpc) is 2.53. The quantitative estimate of drug-likeness (QED) is 0.665. The standard InChI is InChI=1S/C18H24N2O5/c1-18(2,3)14-5-4-13(11-15(14)20(24)25)17(23)19-8-6-12(7-9-19)10-16(21)22/h4-5,11-12H,6-10H2,1-3H3,(H,21,22). The molecule has 1 amide bonds. The molecule has 0 radical (unpaired) electrons. The zero-order valence-corrected chi connectivity index (χ0v) is 14.8. The number of amides is 1. The number of benzene rings is 1. The van der Waals surface area contributed by atoms with E-state index in [0.29, 0.717) is 37.1 Å². The van der Waals surface area contributed by atoms with E-state index in [1.807, 2.05) is 20.8 Å². The van der Waals surface area contributed by atoms with Gasteiger partial charge in [0, 0.05) is 36.7 Å². The monoisotopic (exact) mass is 348 g/mol. The molecule has 1 aromatic carbocycles. The van der Waals surface area contributed by atoms with Crippen molar-refractivity contribution in [1.82, 2.24) is 4.90 Å². The molecular weight excluding hydrogens is 324 g/mol. The summed E-state index contributed by atoms with van der Waals surface area (Å²) in [5.41, 5.74) is 0.462. The largest absolute Gasteiger partial charge is 0.481 e. The maximum atomic E-state index is 12.7. The Bertz CT molecular complexity index is 685. The van der Waals surface area contributed by atoms with Gasteiger partial charge >= 0.3 is 5.97 Å². The summed E-state index contributed by atoms with van der Waals surface area (Å²) < 4.78 is 0. The number of carboxylic acid groups (broad SMARTS) is 1. The van der Waals surface area contributed by atoms with Gasteiger partial charge in [-0.2, -0.15) is 0 Å². The number of nitro benzene ring substituents is 1. The van der Waals surface area contributed by atoms with Crippen LogP contribution in [0.15, 0.2) is 18.2 Å². The van der Waals surface area contributed by atoms with Crippen molar-refractivity contribution < 1.29 is 19.6 Å². The van der Waals surface area contributed by atoms with Crippen LogP contribution in [0.2, 0.25) is 0 Å². The summed E-state index contributed by atoms with van der Waals surface area (Å²) >= 11 is 0. The van der Waals surface area contributed by atoms with Gasteiger partial charge in [0.2, 0.25) is 0 Å². The van der Waals surface area contributed by atoms with Crippen molar-refractivity contribution in [2.24, 2.45) is 5.92 Å². The van der Waals surface area contributed by atoms with E-state index in [2.05, 4.69) is 0 Å². The third-order valence-electron chi connectivity index (χ3n) is 4.61. The number of carbonyl (C=O) groups excluding carboxylic acids is 1. The lowest BCUT2D eigenvalue weighted by Crippen LogP contribution is -2.39. The number of rotatable bonds is 4. The van der Waals surface area contributed by atoms with Crippen molar-refractivity contribution in [2.75, 3.05) is 13.1 Å². The van der Waals surface area contributed by atoms with Gasteiger partial charge in [-0.15, -0.1) is 0 Å². The highest BCUT2D eigenvalue weighted by Crippen LogP contribution is 2.32. The summed E-state index contributed by atoms with van der Waals surface area (Å²) in [5, 5.41) is 20.2. The highest BCUT2D eigenvalue weighted by molar-refractivity contribution is 5.95. The third kappa shape index (κ3) is 4.55. The smallest absolute Gasteiger partial charge is 0.303 e. The molecule has 0 unspecified atom stereocenters. The van der Waals surface area contributed by atoms with Crippen LogP contribution >= 0.6 is 0 Å². The molecule has 0 aliphatic carbocycles. The number of likely N-dealkylation sites (tertiary alicyclic amines) is 1. The first kappa shape index (κ1) is 18.9. The van der Waals surface area contributed by atoms with Crippen LogP contribution in [-0.2, 0) is 10.2 Å².